The molecule has 1 aromatic heterocycles. The Morgan fingerprint density at radius 3 is 3.06 bits per heavy atom. The molecule has 2 aromatic rings. The molecule has 0 aliphatic carbocycles. The van der Waals surface area contributed by atoms with Gasteiger partial charge in [0, 0.05) is 15.9 Å². The molecule has 2 rings (SSSR count). The van der Waals surface area contributed by atoms with Crippen molar-refractivity contribution in [2.24, 2.45) is 5.73 Å². The first-order valence-electron chi connectivity index (χ1n) is 5.13. The first-order valence-corrected chi connectivity index (χ1v) is 6.91. The minimum absolute atomic E-state index is 0.541. The molecule has 5 nitrogen and oxygen atoms in total. The number of nitrogens with two attached hydrogens (primary N) is 1. The van der Waals surface area contributed by atoms with E-state index in [1.54, 1.807) is 16.4 Å². The first kappa shape index (κ1) is 12.5. The fourth-order valence-corrected chi connectivity index (χ4v) is 2.77. The van der Waals surface area contributed by atoms with E-state index in [1.165, 1.54) is 4.90 Å². The molecule has 0 aliphatic heterocycles. The lowest BCUT2D eigenvalue weighted by molar-refractivity contribution is 0.582. The summed E-state index contributed by atoms with van der Waals surface area (Å²) in [5.74, 6) is 1.59. The van der Waals surface area contributed by atoms with Crippen LogP contribution in [0.25, 0.3) is 0 Å². The summed E-state index contributed by atoms with van der Waals surface area (Å²) in [5, 5.41) is 11.5. The Balaban J connectivity index is 1.99. The van der Waals surface area contributed by atoms with Gasteiger partial charge in [0.2, 0.25) is 0 Å². The zero-order valence-corrected chi connectivity index (χ0v) is 11.5. The van der Waals surface area contributed by atoms with Crippen molar-refractivity contribution in [3.8, 4) is 0 Å². The Morgan fingerprint density at radius 2 is 2.29 bits per heavy atom. The van der Waals surface area contributed by atoms with Gasteiger partial charge in [-0.05, 0) is 28.6 Å². The second kappa shape index (κ2) is 6.13. The quantitative estimate of drug-likeness (QED) is 0.851. The van der Waals surface area contributed by atoms with Gasteiger partial charge in [-0.15, -0.1) is 16.9 Å². The maximum atomic E-state index is 5.49. The van der Waals surface area contributed by atoms with Crippen LogP contribution in [0.5, 0.6) is 0 Å². The highest BCUT2D eigenvalue weighted by atomic mass is 79.9. The zero-order valence-electron chi connectivity index (χ0n) is 9.08. The maximum absolute atomic E-state index is 5.49. The van der Waals surface area contributed by atoms with Crippen LogP contribution in [0, 0.1) is 0 Å². The van der Waals surface area contributed by atoms with Crippen molar-refractivity contribution < 1.29 is 0 Å². The van der Waals surface area contributed by atoms with Gasteiger partial charge in [-0.25, -0.2) is 4.68 Å². The largest absolute Gasteiger partial charge is 0.329 e. The minimum atomic E-state index is 0.541. The average molecular weight is 314 g/mol. The van der Waals surface area contributed by atoms with E-state index in [-0.39, 0.29) is 0 Å². The molecule has 7 heteroatoms. The van der Waals surface area contributed by atoms with Crippen LogP contribution < -0.4 is 5.73 Å². The van der Waals surface area contributed by atoms with Crippen molar-refractivity contribution in [2.75, 3.05) is 6.54 Å². The second-order valence-electron chi connectivity index (χ2n) is 3.35. The number of aromatic nitrogens is 4. The van der Waals surface area contributed by atoms with Crippen LogP contribution in [0.3, 0.4) is 0 Å². The van der Waals surface area contributed by atoms with E-state index in [9.17, 15) is 0 Å². The van der Waals surface area contributed by atoms with Crippen LogP contribution in [0.1, 0.15) is 5.82 Å². The highest BCUT2D eigenvalue weighted by Gasteiger charge is 2.05. The number of hydrogen-bond donors (Lipinski definition) is 1. The summed E-state index contributed by atoms with van der Waals surface area (Å²) >= 11 is 5.14. The monoisotopic (exact) mass is 313 g/mol. The molecule has 0 saturated heterocycles. The van der Waals surface area contributed by atoms with E-state index in [0.29, 0.717) is 13.1 Å². The molecule has 0 aliphatic rings. The summed E-state index contributed by atoms with van der Waals surface area (Å²) in [7, 11) is 0. The van der Waals surface area contributed by atoms with E-state index in [0.717, 1.165) is 16.0 Å². The molecular formula is C10H12BrN5S. The van der Waals surface area contributed by atoms with Crippen molar-refractivity contribution in [3.63, 3.8) is 0 Å². The summed E-state index contributed by atoms with van der Waals surface area (Å²) < 4.78 is 2.81. The third-order valence-corrected chi connectivity index (χ3v) is 3.59. The summed E-state index contributed by atoms with van der Waals surface area (Å²) in [6.45, 7) is 1.20. The molecule has 0 unspecified atom stereocenters. The van der Waals surface area contributed by atoms with Crippen LogP contribution in [0.15, 0.2) is 33.6 Å². The van der Waals surface area contributed by atoms with Crippen molar-refractivity contribution in [2.45, 2.75) is 17.2 Å². The Morgan fingerprint density at radius 1 is 1.41 bits per heavy atom. The van der Waals surface area contributed by atoms with Crippen molar-refractivity contribution in [1.82, 2.24) is 20.2 Å². The molecule has 0 fully saturated rings. The van der Waals surface area contributed by atoms with E-state index in [2.05, 4.69) is 43.6 Å². The summed E-state index contributed by atoms with van der Waals surface area (Å²) in [6.07, 6.45) is 0. The number of hydrogen-bond acceptors (Lipinski definition) is 5. The maximum Gasteiger partial charge on any atom is 0.161 e. The molecule has 17 heavy (non-hydrogen) atoms. The molecule has 0 spiro atoms. The van der Waals surface area contributed by atoms with Gasteiger partial charge in [0.15, 0.2) is 5.82 Å². The van der Waals surface area contributed by atoms with E-state index in [4.69, 9.17) is 5.73 Å². The third kappa shape index (κ3) is 3.52. The molecule has 1 heterocycles. The number of nitrogens with zero attached hydrogens (tertiary/aromatic N) is 4. The van der Waals surface area contributed by atoms with E-state index < -0.39 is 0 Å². The lowest BCUT2D eigenvalue weighted by atomic mass is 10.4. The number of benzene rings is 1. The molecule has 2 N–H and O–H groups in total. The number of tetrazole rings is 1. The predicted molar refractivity (Wildman–Crippen MR) is 70.6 cm³/mol. The highest BCUT2D eigenvalue weighted by molar-refractivity contribution is 9.10. The number of halogens is 1. The third-order valence-electron chi connectivity index (χ3n) is 2.11. The minimum Gasteiger partial charge on any atom is -0.329 e. The van der Waals surface area contributed by atoms with Gasteiger partial charge in [-0.2, -0.15) is 0 Å². The standard InChI is InChI=1S/C10H12BrN5S/c11-8-2-1-3-9(6-8)17-7-10-13-14-15-16(10)5-4-12/h1-3,6H,4-5,7,12H2. The lowest BCUT2D eigenvalue weighted by Gasteiger charge is -2.03. The van der Waals surface area contributed by atoms with Crippen LogP contribution in [0.4, 0.5) is 0 Å². The molecule has 0 radical (unpaired) electrons. The van der Waals surface area contributed by atoms with Gasteiger partial charge in [-0.1, -0.05) is 22.0 Å². The fourth-order valence-electron chi connectivity index (χ4n) is 1.33. The van der Waals surface area contributed by atoms with Crippen LogP contribution in [-0.2, 0) is 12.3 Å². The van der Waals surface area contributed by atoms with Gasteiger partial charge < -0.3 is 5.73 Å². The molecule has 90 valence electrons. The van der Waals surface area contributed by atoms with Gasteiger partial charge in [0.05, 0.1) is 12.3 Å². The highest BCUT2D eigenvalue weighted by Crippen LogP contribution is 2.24. The summed E-state index contributed by atoms with van der Waals surface area (Å²) in [5.41, 5.74) is 5.49. The predicted octanol–water partition coefficient (Wildman–Crippen LogP) is 1.69. The topological polar surface area (TPSA) is 69.6 Å². The number of thioether (sulfide) groups is 1. The van der Waals surface area contributed by atoms with Crippen LogP contribution >= 0.6 is 27.7 Å². The van der Waals surface area contributed by atoms with Crippen molar-refractivity contribution >= 4 is 27.7 Å². The Bertz CT molecular complexity index is 487. The summed E-state index contributed by atoms with van der Waals surface area (Å²) in [6, 6.07) is 8.14. The Hall–Kier alpha value is -0.920. The second-order valence-corrected chi connectivity index (χ2v) is 5.32. The molecule has 0 bridgehead atoms. The molecule has 0 atom stereocenters. The van der Waals surface area contributed by atoms with Crippen LogP contribution in [-0.4, -0.2) is 26.8 Å². The first-order chi connectivity index (χ1) is 8.29. The normalized spacial score (nSPS) is 10.7. The van der Waals surface area contributed by atoms with E-state index >= 15 is 0 Å². The molecule has 0 saturated carbocycles. The van der Waals surface area contributed by atoms with Gasteiger partial charge in [0.1, 0.15) is 0 Å². The van der Waals surface area contributed by atoms with Gasteiger partial charge in [0.25, 0.3) is 0 Å². The molecule has 1 aromatic carbocycles. The number of rotatable bonds is 5. The van der Waals surface area contributed by atoms with Gasteiger partial charge >= 0.3 is 0 Å². The van der Waals surface area contributed by atoms with E-state index in [1.807, 2.05) is 12.1 Å². The molecular weight excluding hydrogens is 302 g/mol. The van der Waals surface area contributed by atoms with Crippen molar-refractivity contribution in [3.05, 3.63) is 34.6 Å². The van der Waals surface area contributed by atoms with Crippen LogP contribution in [0.2, 0.25) is 0 Å². The Kier molecular flexibility index (Phi) is 4.52. The zero-order chi connectivity index (χ0) is 12.1. The molecule has 0 amide bonds. The van der Waals surface area contributed by atoms with Gasteiger partial charge in [-0.3, -0.25) is 0 Å². The summed E-state index contributed by atoms with van der Waals surface area (Å²) in [4.78, 5) is 1.18. The van der Waals surface area contributed by atoms with Crippen molar-refractivity contribution in [1.29, 1.82) is 0 Å². The fraction of sp³-hybridized carbons (Fsp3) is 0.300. The average Bonchev–Trinajstić information content (AvgIpc) is 2.75. The SMILES string of the molecule is NCCn1nnnc1CSc1cccc(Br)c1. The smallest absolute Gasteiger partial charge is 0.161 e. The Labute approximate surface area is 112 Å². The lowest BCUT2D eigenvalue weighted by Crippen LogP contribution is -2.13.